The van der Waals surface area contributed by atoms with Gasteiger partial charge in [-0.1, -0.05) is 18.7 Å². The van der Waals surface area contributed by atoms with Gasteiger partial charge >= 0.3 is 0 Å². The molecule has 1 saturated heterocycles. The molecule has 3 rings (SSSR count). The van der Waals surface area contributed by atoms with E-state index in [2.05, 4.69) is 22.1 Å². The van der Waals surface area contributed by atoms with Crippen molar-refractivity contribution in [1.29, 1.82) is 0 Å². The first-order valence-electron chi connectivity index (χ1n) is 10.5. The highest BCUT2D eigenvalue weighted by Gasteiger charge is 2.23. The Bertz CT molecular complexity index is 950. The van der Waals surface area contributed by atoms with Crippen LogP contribution in [0.4, 0.5) is 17.1 Å². The van der Waals surface area contributed by atoms with Crippen LogP contribution in [-0.4, -0.2) is 43.9 Å². The van der Waals surface area contributed by atoms with E-state index < -0.39 is 0 Å². The van der Waals surface area contributed by atoms with Gasteiger partial charge in [-0.15, -0.1) is 5.11 Å². The number of nitrogens with one attached hydrogen (secondary N) is 1. The molecule has 0 saturated carbocycles. The molecule has 0 atom stereocenters. The van der Waals surface area contributed by atoms with E-state index >= 15 is 0 Å². The summed E-state index contributed by atoms with van der Waals surface area (Å²) in [4.78, 5) is 28.2. The Labute approximate surface area is 183 Å². The second kappa shape index (κ2) is 10.5. The van der Waals surface area contributed by atoms with Gasteiger partial charge in [0, 0.05) is 45.0 Å². The number of allylic oxidation sites excluding steroid dienone is 1. The van der Waals surface area contributed by atoms with E-state index in [1.165, 1.54) is 0 Å². The van der Waals surface area contributed by atoms with Gasteiger partial charge in [-0.3, -0.25) is 9.59 Å². The number of carbonyl (C=O) groups is 2. The fourth-order valence-electron chi connectivity index (χ4n) is 3.35. The maximum atomic E-state index is 12.6. The Hall–Kier alpha value is -3.48. The smallest absolute Gasteiger partial charge is 0.253 e. The average molecular weight is 420 g/mol. The lowest BCUT2D eigenvalue weighted by Crippen LogP contribution is -2.27. The second-order valence-corrected chi connectivity index (χ2v) is 7.70. The fourth-order valence-corrected chi connectivity index (χ4v) is 3.35. The summed E-state index contributed by atoms with van der Waals surface area (Å²) < 4.78 is 0. The molecule has 0 aromatic heterocycles. The topological polar surface area (TPSA) is 77.4 Å². The number of hydrogen-bond donors (Lipinski definition) is 1. The highest BCUT2D eigenvalue weighted by molar-refractivity contribution is 5.98. The van der Waals surface area contributed by atoms with Crippen LogP contribution in [0.1, 0.15) is 36.0 Å². The van der Waals surface area contributed by atoms with E-state index in [4.69, 9.17) is 0 Å². The SMILES string of the molecule is C=C1CCC(=O)N1CCCCNC(=O)c1ccccc1/N=N/c1ccc(N(C)C)cc1. The predicted octanol–water partition coefficient (Wildman–Crippen LogP) is 4.81. The largest absolute Gasteiger partial charge is 0.378 e. The van der Waals surface area contributed by atoms with Gasteiger partial charge in [0.25, 0.3) is 5.91 Å². The summed E-state index contributed by atoms with van der Waals surface area (Å²) in [7, 11) is 3.96. The summed E-state index contributed by atoms with van der Waals surface area (Å²) in [6, 6.07) is 14.9. The van der Waals surface area contributed by atoms with E-state index in [1.807, 2.05) is 55.4 Å². The van der Waals surface area contributed by atoms with Crippen LogP contribution in [0.2, 0.25) is 0 Å². The number of nitrogens with zero attached hydrogens (tertiary/aromatic N) is 4. The number of benzene rings is 2. The lowest BCUT2D eigenvalue weighted by atomic mass is 10.1. The third-order valence-electron chi connectivity index (χ3n) is 5.19. The van der Waals surface area contributed by atoms with Crippen LogP contribution in [0.15, 0.2) is 71.0 Å². The number of azo groups is 1. The summed E-state index contributed by atoms with van der Waals surface area (Å²) >= 11 is 0. The highest BCUT2D eigenvalue weighted by Crippen LogP contribution is 2.24. The Kier molecular flexibility index (Phi) is 7.54. The number of rotatable bonds is 9. The molecule has 0 unspecified atom stereocenters. The number of anilines is 1. The molecule has 2 aromatic carbocycles. The van der Waals surface area contributed by atoms with E-state index in [0.29, 0.717) is 30.8 Å². The Morgan fingerprint density at radius 1 is 1.06 bits per heavy atom. The molecule has 2 aromatic rings. The van der Waals surface area contributed by atoms with Crippen LogP contribution in [0.25, 0.3) is 0 Å². The summed E-state index contributed by atoms with van der Waals surface area (Å²) in [5.41, 5.74) is 3.70. The highest BCUT2D eigenvalue weighted by atomic mass is 16.2. The molecule has 31 heavy (non-hydrogen) atoms. The van der Waals surface area contributed by atoms with Crippen molar-refractivity contribution >= 4 is 28.9 Å². The first kappa shape index (κ1) is 22.2. The van der Waals surface area contributed by atoms with Gasteiger partial charge in [-0.25, -0.2) is 0 Å². The van der Waals surface area contributed by atoms with Crippen molar-refractivity contribution in [3.8, 4) is 0 Å². The average Bonchev–Trinajstić information content (AvgIpc) is 3.09. The Balaban J connectivity index is 1.52. The van der Waals surface area contributed by atoms with Crippen molar-refractivity contribution in [3.63, 3.8) is 0 Å². The van der Waals surface area contributed by atoms with Crippen molar-refractivity contribution in [3.05, 3.63) is 66.4 Å². The first-order chi connectivity index (χ1) is 15.0. The minimum atomic E-state index is -0.181. The summed E-state index contributed by atoms with van der Waals surface area (Å²) in [6.45, 7) is 5.12. The minimum Gasteiger partial charge on any atom is -0.378 e. The van der Waals surface area contributed by atoms with Crippen LogP contribution >= 0.6 is 0 Å². The monoisotopic (exact) mass is 419 g/mol. The van der Waals surface area contributed by atoms with Crippen molar-refractivity contribution in [2.45, 2.75) is 25.7 Å². The van der Waals surface area contributed by atoms with Gasteiger partial charge in [-0.05, 0) is 55.7 Å². The van der Waals surface area contributed by atoms with Gasteiger partial charge in [0.05, 0.1) is 16.9 Å². The van der Waals surface area contributed by atoms with Gasteiger partial charge in [0.15, 0.2) is 0 Å². The molecule has 0 bridgehead atoms. The summed E-state index contributed by atoms with van der Waals surface area (Å²) in [6.07, 6.45) is 2.90. The number of likely N-dealkylation sites (tertiary alicyclic amines) is 1. The number of hydrogen-bond acceptors (Lipinski definition) is 5. The molecular weight excluding hydrogens is 390 g/mol. The molecule has 7 heteroatoms. The van der Waals surface area contributed by atoms with Gasteiger partial charge in [0.1, 0.15) is 0 Å². The molecular formula is C24H29N5O2. The summed E-state index contributed by atoms with van der Waals surface area (Å²) in [5.74, 6) is -0.0381. The summed E-state index contributed by atoms with van der Waals surface area (Å²) in [5, 5.41) is 11.5. The van der Waals surface area contributed by atoms with Crippen molar-refractivity contribution < 1.29 is 9.59 Å². The molecule has 0 spiro atoms. The minimum absolute atomic E-state index is 0.143. The molecule has 1 aliphatic rings. The number of amides is 2. The van der Waals surface area contributed by atoms with Crippen LogP contribution in [0, 0.1) is 0 Å². The van der Waals surface area contributed by atoms with Gasteiger partial charge in [-0.2, -0.15) is 5.11 Å². The third-order valence-corrected chi connectivity index (χ3v) is 5.19. The fraction of sp³-hybridized carbons (Fsp3) is 0.333. The van der Waals surface area contributed by atoms with E-state index in [9.17, 15) is 9.59 Å². The molecule has 7 nitrogen and oxygen atoms in total. The molecule has 1 fully saturated rings. The standard InChI is InChI=1S/C24H29N5O2/c1-18-10-15-23(30)29(18)17-7-6-16-25-24(31)21-8-4-5-9-22(21)27-26-19-11-13-20(14-12-19)28(2)3/h4-5,8-9,11-14H,1,6-7,10,15-17H2,2-3H3,(H,25,31)/b27-26+. The molecule has 1 aliphatic heterocycles. The predicted molar refractivity (Wildman–Crippen MR) is 123 cm³/mol. The van der Waals surface area contributed by atoms with Gasteiger partial charge < -0.3 is 15.1 Å². The zero-order valence-electron chi connectivity index (χ0n) is 18.2. The second-order valence-electron chi connectivity index (χ2n) is 7.70. The molecule has 2 amide bonds. The van der Waals surface area contributed by atoms with Crippen molar-refractivity contribution in [1.82, 2.24) is 10.2 Å². The first-order valence-corrected chi connectivity index (χ1v) is 10.5. The number of unbranched alkanes of at least 4 members (excludes halogenated alkanes) is 1. The van der Waals surface area contributed by atoms with Crippen LogP contribution in [0.5, 0.6) is 0 Å². The molecule has 0 aliphatic carbocycles. The zero-order chi connectivity index (χ0) is 22.2. The van der Waals surface area contributed by atoms with Crippen molar-refractivity contribution in [2.24, 2.45) is 10.2 Å². The molecule has 1 N–H and O–H groups in total. The van der Waals surface area contributed by atoms with E-state index in [1.54, 1.807) is 17.0 Å². The quantitative estimate of drug-likeness (QED) is 0.468. The maximum absolute atomic E-state index is 12.6. The zero-order valence-corrected chi connectivity index (χ0v) is 18.2. The third kappa shape index (κ3) is 6.01. The molecule has 1 heterocycles. The van der Waals surface area contributed by atoms with E-state index in [-0.39, 0.29) is 11.8 Å². The lowest BCUT2D eigenvalue weighted by molar-refractivity contribution is -0.126. The normalized spacial score (nSPS) is 13.8. The van der Waals surface area contributed by atoms with Crippen LogP contribution in [-0.2, 0) is 4.79 Å². The maximum Gasteiger partial charge on any atom is 0.253 e. The van der Waals surface area contributed by atoms with E-state index in [0.717, 1.165) is 36.3 Å². The molecule has 162 valence electrons. The Morgan fingerprint density at radius 3 is 2.48 bits per heavy atom. The lowest BCUT2D eigenvalue weighted by Gasteiger charge is -2.16. The molecule has 0 radical (unpaired) electrons. The number of carbonyl (C=O) groups excluding carboxylic acids is 2. The van der Waals surface area contributed by atoms with Gasteiger partial charge in [0.2, 0.25) is 5.91 Å². The van der Waals surface area contributed by atoms with Crippen LogP contribution in [0.3, 0.4) is 0 Å². The Morgan fingerprint density at radius 2 is 1.81 bits per heavy atom. The van der Waals surface area contributed by atoms with Crippen LogP contribution < -0.4 is 10.2 Å². The van der Waals surface area contributed by atoms with Crippen molar-refractivity contribution in [2.75, 3.05) is 32.1 Å².